The van der Waals surface area contributed by atoms with E-state index in [1.54, 1.807) is 26.4 Å². The van der Waals surface area contributed by atoms with E-state index in [0.29, 0.717) is 27.5 Å². The fraction of sp³-hybridized carbons (Fsp3) is 0.231. The average Bonchev–Trinajstić information content (AvgIpc) is 2.45. The largest absolute Gasteiger partial charge is 0.496 e. The van der Waals surface area contributed by atoms with Gasteiger partial charge in [-0.25, -0.2) is 4.68 Å². The molecule has 0 fully saturated rings. The zero-order chi connectivity index (χ0) is 14.7. The summed E-state index contributed by atoms with van der Waals surface area (Å²) in [5.74, 6) is 0.693. The summed E-state index contributed by atoms with van der Waals surface area (Å²) in [5, 5.41) is 7.69. The van der Waals surface area contributed by atoms with Crippen molar-refractivity contribution < 1.29 is 4.74 Å². The smallest absolute Gasteiger partial charge is 0.282 e. The van der Waals surface area contributed by atoms with Gasteiger partial charge in [-0.15, -0.1) is 0 Å². The molecule has 2 aromatic rings. The molecule has 0 aliphatic carbocycles. The highest BCUT2D eigenvalue weighted by Crippen LogP contribution is 2.27. The van der Waals surface area contributed by atoms with E-state index in [0.717, 1.165) is 5.56 Å². The van der Waals surface area contributed by atoms with Crippen molar-refractivity contribution in [1.29, 1.82) is 0 Å². The Morgan fingerprint density at radius 3 is 2.95 bits per heavy atom. The zero-order valence-corrected chi connectivity index (χ0v) is 13.3. The summed E-state index contributed by atoms with van der Waals surface area (Å²) >= 11 is 9.42. The number of aryl methyl sites for hydroxylation is 1. The lowest BCUT2D eigenvalue weighted by atomic mass is 10.2. The van der Waals surface area contributed by atoms with Gasteiger partial charge in [0.1, 0.15) is 10.2 Å². The van der Waals surface area contributed by atoms with E-state index in [-0.39, 0.29) is 5.56 Å². The van der Waals surface area contributed by atoms with Gasteiger partial charge in [-0.05, 0) is 28.1 Å². The van der Waals surface area contributed by atoms with Gasteiger partial charge in [-0.2, -0.15) is 5.10 Å². The van der Waals surface area contributed by atoms with Crippen LogP contribution in [0.15, 0.2) is 33.7 Å². The highest BCUT2D eigenvalue weighted by atomic mass is 79.9. The number of benzene rings is 1. The first-order valence-electron chi connectivity index (χ1n) is 5.81. The Hall–Kier alpha value is -1.53. The molecule has 2 rings (SSSR count). The van der Waals surface area contributed by atoms with Crippen molar-refractivity contribution in [3.8, 4) is 5.75 Å². The normalized spacial score (nSPS) is 10.4. The van der Waals surface area contributed by atoms with Crippen molar-refractivity contribution in [2.24, 2.45) is 7.05 Å². The summed E-state index contributed by atoms with van der Waals surface area (Å²) in [5.41, 5.74) is 1.22. The van der Waals surface area contributed by atoms with Gasteiger partial charge in [0.25, 0.3) is 5.56 Å². The number of nitrogens with zero attached hydrogens (tertiary/aromatic N) is 2. The maximum Gasteiger partial charge on any atom is 0.282 e. The lowest BCUT2D eigenvalue weighted by Gasteiger charge is -2.13. The fourth-order valence-corrected chi connectivity index (χ4v) is 2.45. The summed E-state index contributed by atoms with van der Waals surface area (Å²) in [6.07, 6.45) is 1.58. The van der Waals surface area contributed by atoms with E-state index >= 15 is 0 Å². The van der Waals surface area contributed by atoms with Gasteiger partial charge in [-0.1, -0.05) is 17.7 Å². The van der Waals surface area contributed by atoms with Crippen LogP contribution in [0.5, 0.6) is 5.75 Å². The molecule has 1 heterocycles. The summed E-state index contributed by atoms with van der Waals surface area (Å²) < 4.78 is 6.96. The number of halogens is 2. The number of nitrogens with one attached hydrogen (secondary N) is 1. The van der Waals surface area contributed by atoms with E-state index in [1.807, 2.05) is 12.1 Å². The van der Waals surface area contributed by atoms with E-state index < -0.39 is 0 Å². The van der Waals surface area contributed by atoms with Crippen molar-refractivity contribution in [2.75, 3.05) is 12.4 Å². The van der Waals surface area contributed by atoms with Gasteiger partial charge < -0.3 is 10.1 Å². The minimum absolute atomic E-state index is 0.207. The Morgan fingerprint density at radius 2 is 2.25 bits per heavy atom. The predicted octanol–water partition coefficient (Wildman–Crippen LogP) is 2.82. The number of hydrogen-bond donors (Lipinski definition) is 1. The van der Waals surface area contributed by atoms with Crippen molar-refractivity contribution in [1.82, 2.24) is 9.78 Å². The maximum absolute atomic E-state index is 11.8. The number of ether oxygens (including phenoxy) is 1. The second-order valence-electron chi connectivity index (χ2n) is 4.08. The van der Waals surface area contributed by atoms with Gasteiger partial charge in [0.15, 0.2) is 0 Å². The summed E-state index contributed by atoms with van der Waals surface area (Å²) in [6.45, 7) is 0.427. The molecule has 0 aliphatic rings. The molecule has 0 amide bonds. The Morgan fingerprint density at radius 1 is 1.50 bits per heavy atom. The molecule has 106 valence electrons. The second kappa shape index (κ2) is 6.28. The summed E-state index contributed by atoms with van der Waals surface area (Å²) in [4.78, 5) is 11.8. The second-order valence-corrected chi connectivity index (χ2v) is 5.28. The number of methoxy groups -OCH3 is 1. The highest BCUT2D eigenvalue weighted by molar-refractivity contribution is 9.10. The van der Waals surface area contributed by atoms with E-state index in [4.69, 9.17) is 16.3 Å². The van der Waals surface area contributed by atoms with Crippen molar-refractivity contribution in [3.05, 3.63) is 49.8 Å². The Kier molecular flexibility index (Phi) is 4.67. The topological polar surface area (TPSA) is 56.1 Å². The van der Waals surface area contributed by atoms with E-state index in [1.165, 1.54) is 4.68 Å². The highest BCUT2D eigenvalue weighted by Gasteiger charge is 2.10. The van der Waals surface area contributed by atoms with Crippen LogP contribution in [0.3, 0.4) is 0 Å². The number of anilines is 1. The SMILES string of the molecule is COc1cccc(Cl)c1CNc1cnn(C)c(=O)c1Br. The molecule has 0 radical (unpaired) electrons. The first-order chi connectivity index (χ1) is 9.54. The molecular weight excluding hydrogens is 346 g/mol. The third kappa shape index (κ3) is 2.96. The molecule has 0 unspecified atom stereocenters. The molecule has 1 aromatic heterocycles. The van der Waals surface area contributed by atoms with E-state index in [2.05, 4.69) is 26.3 Å². The first-order valence-corrected chi connectivity index (χ1v) is 6.98. The third-order valence-electron chi connectivity index (χ3n) is 2.83. The molecule has 0 bridgehead atoms. The lowest BCUT2D eigenvalue weighted by Crippen LogP contribution is -2.21. The van der Waals surface area contributed by atoms with Crippen LogP contribution in [-0.4, -0.2) is 16.9 Å². The minimum Gasteiger partial charge on any atom is -0.496 e. The lowest BCUT2D eigenvalue weighted by molar-refractivity contribution is 0.410. The summed E-state index contributed by atoms with van der Waals surface area (Å²) in [7, 11) is 3.18. The van der Waals surface area contributed by atoms with Crippen molar-refractivity contribution >= 4 is 33.2 Å². The van der Waals surface area contributed by atoms with Gasteiger partial charge in [0.2, 0.25) is 0 Å². The van der Waals surface area contributed by atoms with Crippen LogP contribution < -0.4 is 15.6 Å². The van der Waals surface area contributed by atoms with Crippen LogP contribution in [0.25, 0.3) is 0 Å². The first kappa shape index (κ1) is 14.9. The van der Waals surface area contributed by atoms with Gasteiger partial charge >= 0.3 is 0 Å². The molecule has 0 saturated carbocycles. The van der Waals surface area contributed by atoms with Crippen molar-refractivity contribution in [3.63, 3.8) is 0 Å². The average molecular weight is 359 g/mol. The molecule has 20 heavy (non-hydrogen) atoms. The van der Waals surface area contributed by atoms with Crippen LogP contribution in [0.1, 0.15) is 5.56 Å². The number of rotatable bonds is 4. The van der Waals surface area contributed by atoms with Gasteiger partial charge in [0.05, 0.1) is 19.0 Å². The fourth-order valence-electron chi connectivity index (χ4n) is 1.72. The Balaban J connectivity index is 2.26. The Bertz CT molecular complexity index is 688. The van der Waals surface area contributed by atoms with E-state index in [9.17, 15) is 4.79 Å². The maximum atomic E-state index is 11.8. The van der Waals surface area contributed by atoms with Crippen molar-refractivity contribution in [2.45, 2.75) is 6.54 Å². The molecule has 0 aliphatic heterocycles. The van der Waals surface area contributed by atoms with Gasteiger partial charge in [-0.3, -0.25) is 4.79 Å². The minimum atomic E-state index is -0.207. The molecule has 0 saturated heterocycles. The van der Waals surface area contributed by atoms with Crippen LogP contribution in [0.4, 0.5) is 5.69 Å². The molecule has 1 aromatic carbocycles. The molecular formula is C13H13BrClN3O2. The molecule has 1 N–H and O–H groups in total. The predicted molar refractivity (Wildman–Crippen MR) is 82.5 cm³/mol. The summed E-state index contributed by atoms with van der Waals surface area (Å²) in [6, 6.07) is 5.44. The van der Waals surface area contributed by atoms with Crippen LogP contribution in [0, 0.1) is 0 Å². The molecule has 7 heteroatoms. The molecule has 0 atom stereocenters. The molecule has 5 nitrogen and oxygen atoms in total. The van der Waals surface area contributed by atoms with Crippen LogP contribution >= 0.6 is 27.5 Å². The number of hydrogen-bond acceptors (Lipinski definition) is 4. The van der Waals surface area contributed by atoms with Crippen LogP contribution in [-0.2, 0) is 13.6 Å². The standard InChI is InChI=1S/C13H13BrClN3O2/c1-18-13(19)12(14)10(7-17-18)16-6-8-9(15)4-3-5-11(8)20-2/h3-5,7,16H,6H2,1-2H3. The molecule has 0 spiro atoms. The number of aromatic nitrogens is 2. The zero-order valence-electron chi connectivity index (χ0n) is 11.0. The quantitative estimate of drug-likeness (QED) is 0.913. The van der Waals surface area contributed by atoms with Crippen LogP contribution in [0.2, 0.25) is 5.02 Å². The van der Waals surface area contributed by atoms with Gasteiger partial charge in [0, 0.05) is 24.2 Å². The third-order valence-corrected chi connectivity index (χ3v) is 3.95. The Labute approximate surface area is 129 Å². The monoisotopic (exact) mass is 357 g/mol.